The first-order valence-corrected chi connectivity index (χ1v) is 13.0. The Bertz CT molecular complexity index is 1240. The Hall–Kier alpha value is -3.36. The first kappa shape index (κ1) is 25.3. The number of amides is 1. The number of carbonyl (C=O) groups excluding carboxylic acids is 1. The first-order chi connectivity index (χ1) is 18.0. The van der Waals surface area contributed by atoms with E-state index in [4.69, 9.17) is 14.2 Å². The second-order valence-corrected chi connectivity index (χ2v) is 10.0. The van der Waals surface area contributed by atoms with Crippen molar-refractivity contribution < 1.29 is 19.0 Å². The molecule has 1 amide bonds. The Labute approximate surface area is 218 Å². The number of hydrogen-bond acceptors (Lipinski definition) is 6. The topological polar surface area (TPSA) is 77.8 Å². The summed E-state index contributed by atoms with van der Waals surface area (Å²) in [6.07, 6.45) is 2.58. The number of carbonyl (C=O) groups is 1. The lowest BCUT2D eigenvalue weighted by Gasteiger charge is -2.31. The van der Waals surface area contributed by atoms with E-state index in [1.807, 2.05) is 31.3 Å². The standard InChI is InChI=1S/C29H36N4O4/c1-20-17-33(12-13-36-20)18-21-6-4-7-22(14-21)19-37-27-9-5-8-24(28(27)35-3)16-30-29(34)26-15-25(23-10-11-23)31-32(26)2/h4-9,14-15,20,23H,10-13,16-19H2,1-3H3,(H,30,34). The van der Waals surface area contributed by atoms with Crippen LogP contribution in [0.1, 0.15) is 58.6 Å². The molecular weight excluding hydrogens is 468 g/mol. The molecule has 8 heteroatoms. The molecule has 1 aromatic heterocycles. The normalized spacial score (nSPS) is 18.0. The molecule has 1 N–H and O–H groups in total. The maximum Gasteiger partial charge on any atom is 0.269 e. The third-order valence-electron chi connectivity index (χ3n) is 6.95. The molecule has 5 rings (SSSR count). The molecule has 2 aliphatic rings. The molecule has 0 bridgehead atoms. The number of nitrogens with one attached hydrogen (secondary N) is 1. The fraction of sp³-hybridized carbons (Fsp3) is 0.448. The number of aromatic nitrogens is 2. The molecule has 1 aliphatic heterocycles. The van der Waals surface area contributed by atoms with Crippen LogP contribution in [-0.4, -0.2) is 53.5 Å². The van der Waals surface area contributed by atoms with Crippen LogP contribution in [0.4, 0.5) is 0 Å². The van der Waals surface area contributed by atoms with E-state index in [1.54, 1.807) is 11.8 Å². The summed E-state index contributed by atoms with van der Waals surface area (Å²) < 4.78 is 19.2. The monoisotopic (exact) mass is 504 g/mol. The molecule has 2 aromatic carbocycles. The number of ether oxygens (including phenoxy) is 3. The van der Waals surface area contributed by atoms with Gasteiger partial charge in [-0.15, -0.1) is 0 Å². The highest BCUT2D eigenvalue weighted by molar-refractivity contribution is 5.92. The average molecular weight is 505 g/mol. The molecule has 1 atom stereocenters. The molecule has 1 aliphatic carbocycles. The van der Waals surface area contributed by atoms with E-state index in [2.05, 4.69) is 46.5 Å². The number of benzene rings is 2. The van der Waals surface area contributed by atoms with Gasteiger partial charge in [0.1, 0.15) is 12.3 Å². The summed E-state index contributed by atoms with van der Waals surface area (Å²) in [5.41, 5.74) is 4.79. The lowest BCUT2D eigenvalue weighted by atomic mass is 10.1. The van der Waals surface area contributed by atoms with Crippen LogP contribution in [0.5, 0.6) is 11.5 Å². The highest BCUT2D eigenvalue weighted by Gasteiger charge is 2.28. The molecule has 1 saturated heterocycles. The van der Waals surface area contributed by atoms with Gasteiger partial charge < -0.3 is 19.5 Å². The number of aryl methyl sites for hydroxylation is 1. The van der Waals surface area contributed by atoms with Crippen molar-refractivity contribution >= 4 is 5.91 Å². The molecular formula is C29H36N4O4. The predicted octanol–water partition coefficient (Wildman–Crippen LogP) is 4.04. The quantitative estimate of drug-likeness (QED) is 0.449. The second-order valence-electron chi connectivity index (χ2n) is 10.0. The van der Waals surface area contributed by atoms with Gasteiger partial charge in [-0.2, -0.15) is 5.10 Å². The molecule has 1 saturated carbocycles. The number of para-hydroxylation sites is 1. The van der Waals surface area contributed by atoms with Gasteiger partial charge in [0, 0.05) is 44.7 Å². The van der Waals surface area contributed by atoms with Gasteiger partial charge in [0.2, 0.25) is 0 Å². The minimum Gasteiger partial charge on any atom is -0.493 e. The average Bonchev–Trinajstić information content (AvgIpc) is 3.67. The zero-order chi connectivity index (χ0) is 25.8. The lowest BCUT2D eigenvalue weighted by molar-refractivity contribution is -0.0212. The second kappa shape index (κ2) is 11.4. The van der Waals surface area contributed by atoms with Crippen molar-refractivity contribution in [2.45, 2.75) is 51.5 Å². The lowest BCUT2D eigenvalue weighted by Crippen LogP contribution is -2.40. The van der Waals surface area contributed by atoms with Crippen molar-refractivity contribution in [3.05, 3.63) is 76.6 Å². The summed E-state index contributed by atoms with van der Waals surface area (Å²) in [6, 6.07) is 16.2. The van der Waals surface area contributed by atoms with Gasteiger partial charge in [-0.25, -0.2) is 0 Å². The van der Waals surface area contributed by atoms with Crippen molar-refractivity contribution in [2.75, 3.05) is 26.8 Å². The van der Waals surface area contributed by atoms with Crippen LogP contribution in [0, 0.1) is 0 Å². The fourth-order valence-corrected chi connectivity index (χ4v) is 4.86. The van der Waals surface area contributed by atoms with Crippen molar-refractivity contribution in [1.82, 2.24) is 20.0 Å². The van der Waals surface area contributed by atoms with E-state index in [0.717, 1.165) is 55.9 Å². The van der Waals surface area contributed by atoms with Crippen LogP contribution >= 0.6 is 0 Å². The number of morpholine rings is 1. The summed E-state index contributed by atoms with van der Waals surface area (Å²) in [7, 11) is 3.44. The van der Waals surface area contributed by atoms with Crippen LogP contribution in [-0.2, 0) is 31.5 Å². The van der Waals surface area contributed by atoms with E-state index in [-0.39, 0.29) is 12.0 Å². The van der Waals surface area contributed by atoms with Crippen LogP contribution < -0.4 is 14.8 Å². The number of methoxy groups -OCH3 is 1. The van der Waals surface area contributed by atoms with Gasteiger partial charge in [0.15, 0.2) is 11.5 Å². The van der Waals surface area contributed by atoms with Crippen molar-refractivity contribution in [3.63, 3.8) is 0 Å². The predicted molar refractivity (Wildman–Crippen MR) is 141 cm³/mol. The Morgan fingerprint density at radius 3 is 2.76 bits per heavy atom. The number of rotatable bonds is 10. The fourth-order valence-electron chi connectivity index (χ4n) is 4.86. The van der Waals surface area contributed by atoms with Crippen molar-refractivity contribution in [3.8, 4) is 11.5 Å². The van der Waals surface area contributed by atoms with Gasteiger partial charge >= 0.3 is 0 Å². The van der Waals surface area contributed by atoms with Gasteiger partial charge in [-0.1, -0.05) is 36.4 Å². The maximum atomic E-state index is 12.8. The molecule has 0 spiro atoms. The summed E-state index contributed by atoms with van der Waals surface area (Å²) >= 11 is 0. The molecule has 2 fully saturated rings. The van der Waals surface area contributed by atoms with Crippen molar-refractivity contribution in [1.29, 1.82) is 0 Å². The molecule has 2 heterocycles. The highest BCUT2D eigenvalue weighted by atomic mass is 16.5. The summed E-state index contributed by atoms with van der Waals surface area (Å²) in [5.74, 6) is 1.63. The summed E-state index contributed by atoms with van der Waals surface area (Å²) in [6.45, 7) is 6.46. The van der Waals surface area contributed by atoms with Gasteiger partial charge in [-0.3, -0.25) is 14.4 Å². The van der Waals surface area contributed by atoms with Crippen LogP contribution in [0.2, 0.25) is 0 Å². The Morgan fingerprint density at radius 1 is 1.16 bits per heavy atom. The Morgan fingerprint density at radius 2 is 1.97 bits per heavy atom. The SMILES string of the molecule is COc1c(CNC(=O)c2cc(C3CC3)nn2C)cccc1OCc1cccc(CN2CCOC(C)C2)c1. The maximum absolute atomic E-state index is 12.8. The van der Waals surface area contributed by atoms with E-state index in [9.17, 15) is 4.79 Å². The molecule has 0 radical (unpaired) electrons. The Balaban J connectivity index is 1.20. The third kappa shape index (κ3) is 6.32. The highest BCUT2D eigenvalue weighted by Crippen LogP contribution is 2.39. The molecule has 196 valence electrons. The zero-order valence-electron chi connectivity index (χ0n) is 21.9. The zero-order valence-corrected chi connectivity index (χ0v) is 21.9. The first-order valence-electron chi connectivity index (χ1n) is 13.0. The van der Waals surface area contributed by atoms with Gasteiger partial charge in [0.25, 0.3) is 5.91 Å². The summed E-state index contributed by atoms with van der Waals surface area (Å²) in [4.78, 5) is 15.3. The summed E-state index contributed by atoms with van der Waals surface area (Å²) in [5, 5.41) is 7.50. The van der Waals surface area contributed by atoms with E-state index >= 15 is 0 Å². The largest absolute Gasteiger partial charge is 0.493 e. The van der Waals surface area contributed by atoms with E-state index in [0.29, 0.717) is 36.3 Å². The molecule has 1 unspecified atom stereocenters. The van der Waals surface area contributed by atoms with E-state index < -0.39 is 0 Å². The Kier molecular flexibility index (Phi) is 7.76. The molecule has 8 nitrogen and oxygen atoms in total. The minimum absolute atomic E-state index is 0.151. The molecule has 3 aromatic rings. The van der Waals surface area contributed by atoms with Crippen molar-refractivity contribution in [2.24, 2.45) is 7.05 Å². The van der Waals surface area contributed by atoms with Gasteiger partial charge in [0.05, 0.1) is 25.5 Å². The van der Waals surface area contributed by atoms with Gasteiger partial charge in [-0.05, 0) is 43.0 Å². The van der Waals surface area contributed by atoms with Crippen LogP contribution in [0.25, 0.3) is 0 Å². The number of nitrogens with zero attached hydrogens (tertiary/aromatic N) is 3. The van der Waals surface area contributed by atoms with Crippen LogP contribution in [0.15, 0.2) is 48.5 Å². The minimum atomic E-state index is -0.151. The van der Waals surface area contributed by atoms with E-state index in [1.165, 1.54) is 5.56 Å². The van der Waals surface area contributed by atoms with Crippen LogP contribution in [0.3, 0.4) is 0 Å². The molecule has 37 heavy (non-hydrogen) atoms. The number of hydrogen-bond donors (Lipinski definition) is 1. The smallest absolute Gasteiger partial charge is 0.269 e. The third-order valence-corrected chi connectivity index (χ3v) is 6.95.